The summed E-state index contributed by atoms with van der Waals surface area (Å²) in [6.07, 6.45) is 16.1. The third-order valence-electron chi connectivity index (χ3n) is 22.5. The Morgan fingerprint density at radius 3 is 0.972 bits per heavy atom. The molecule has 142 heavy (non-hydrogen) atoms. The number of anilines is 11. The number of halogens is 1. The van der Waals surface area contributed by atoms with Crippen LogP contribution in [0, 0.1) is 0 Å². The smallest absolute Gasteiger partial charge is 0.415 e. The second-order valence-corrected chi connectivity index (χ2v) is 35.8. The van der Waals surface area contributed by atoms with Crippen LogP contribution in [0.15, 0.2) is 116 Å². The van der Waals surface area contributed by atoms with Gasteiger partial charge in [0, 0.05) is 119 Å². The summed E-state index contributed by atoms with van der Waals surface area (Å²) in [5.74, 6) is -0.800. The van der Waals surface area contributed by atoms with Gasteiger partial charge in [-0.25, -0.2) is 43.9 Å². The SMILES string of the molecule is CNC(=O)c1occc1Nc1cc(N(C)C(=O)OC(C)(C)C)n2ncc(C(=O)NC3CC[C@@H]3OC)c2n1.CNC(=O)c1occc1Nc1cc(NC)n2ncc(C(=O)NC3CC[C@@H]3OC)c2n1.COC(=O)c1occc1N.COC(=O)c1occc1Nc1cc(N(C)C(=O)OC(C)(C)C)n2ncc(C(=O)NC3CC[C@@H]3OC)c2n1.CO[C@H]1CCC1NC(=O)c1cnn2c(N(C)C(=O)OC(C)(C)C)cc(Cl)nc12. The Morgan fingerprint density at radius 2 is 0.676 bits per heavy atom. The Kier molecular flexibility index (Phi) is 33.4. The largest absolute Gasteiger partial charge is 0.463 e. The lowest BCUT2D eigenvalue weighted by Gasteiger charge is -2.35. The van der Waals surface area contributed by atoms with Crippen molar-refractivity contribution in [3.8, 4) is 0 Å². The number of nitrogens with zero attached hydrogens (tertiary/aromatic N) is 15. The molecule has 8 atom stereocenters. The molecule has 12 heterocycles. The van der Waals surface area contributed by atoms with Crippen LogP contribution in [0.4, 0.5) is 77.9 Å². The van der Waals surface area contributed by atoms with Gasteiger partial charge in [0.05, 0.1) is 135 Å². The second-order valence-electron chi connectivity index (χ2n) is 35.4. The van der Waals surface area contributed by atoms with Crippen molar-refractivity contribution in [2.24, 2.45) is 0 Å². The molecular weight excluding hydrogens is 1880 g/mol. The van der Waals surface area contributed by atoms with E-state index in [0.717, 1.165) is 51.4 Å². The Labute approximate surface area is 817 Å². The lowest BCUT2D eigenvalue weighted by Crippen LogP contribution is -2.51. The van der Waals surface area contributed by atoms with Gasteiger partial charge in [-0.05, 0) is 114 Å². The highest BCUT2D eigenvalue weighted by Crippen LogP contribution is 2.35. The number of carbonyl (C=O) groups is 11. The minimum absolute atomic E-state index is 0.0104. The Morgan fingerprint density at radius 1 is 0.387 bits per heavy atom. The Bertz CT molecular complexity index is 6400. The molecule has 0 spiro atoms. The number of nitrogens with one attached hydrogen (secondary N) is 10. The highest BCUT2D eigenvalue weighted by Gasteiger charge is 2.39. The summed E-state index contributed by atoms with van der Waals surface area (Å²) in [4.78, 5) is 159. The van der Waals surface area contributed by atoms with E-state index in [0.29, 0.717) is 45.7 Å². The molecule has 0 radical (unpaired) electrons. The molecule has 4 saturated carbocycles. The standard InChI is InChI=1S/C24H31N7O6.C24H30N6O7.C19H23N7O4.C18H24ClN5O4.C6H7NO3/c1-24(2,3)37-23(34)30(5)18-11-17(27-15-9-10-36-19(15)22(33)25-4)29-20-13(12-26-31(18)20)21(32)28-14-7-8-16(14)35-6;1-24(2,3)37-23(33)29(4)18-11-17(26-15-9-10-36-19(15)22(32)35-6)28-20-13(12-25-30(18)20)21(31)27-14-7-8-16(14)34-5;1-20-15-8-14(23-12-6-7-30-16(12)19(28)21-2)25-17-10(9-22-26(15)17)18(27)24-11-4-5-13(11)29-3;1-18(2,3)28-17(26)23(4)14-8-13(19)22-15-10(9-20-24(14)15)16(25)21-11-6-7-12(11)27-5;1-9-6(8)5-4(7)2-3-10-5/h9-12,14,16H,7-8H2,1-6H3,(H,25,33)(H,27,29)(H,28,32);9-12,14,16H,7-8H2,1-6H3,(H,26,28)(H,27,31);6-9,11,13,20H,4-5H2,1-3H3,(H,21,28)(H,23,25)(H,24,27);8-9,11-12H,6-7H2,1-5H3,(H,21,25);2-3H,7H2,1H3/t2*14?,16-;11?,13-;11?,12-;/m0000./s1. The minimum atomic E-state index is -0.736. The summed E-state index contributed by atoms with van der Waals surface area (Å²) in [6.45, 7) is 15.9. The number of hydrogen-bond acceptors (Lipinski definition) is 37. The molecule has 760 valence electrons. The van der Waals surface area contributed by atoms with Gasteiger partial charge in [0.2, 0.25) is 23.0 Å². The molecule has 0 saturated heterocycles. The summed E-state index contributed by atoms with van der Waals surface area (Å²) in [6, 6.07) is 12.2. The van der Waals surface area contributed by atoms with Crippen LogP contribution < -0.4 is 73.6 Å². The van der Waals surface area contributed by atoms with Crippen molar-refractivity contribution in [1.29, 1.82) is 0 Å². The van der Waals surface area contributed by atoms with Crippen LogP contribution in [0.2, 0.25) is 5.15 Å². The molecule has 0 bridgehead atoms. The fraction of sp³-hybridized carbons (Fsp3) is 0.440. The number of amides is 9. The van der Waals surface area contributed by atoms with E-state index in [9.17, 15) is 52.7 Å². The number of ether oxygens (including phenoxy) is 9. The third kappa shape index (κ3) is 24.6. The van der Waals surface area contributed by atoms with Gasteiger partial charge in [-0.3, -0.25) is 43.5 Å². The highest BCUT2D eigenvalue weighted by atomic mass is 35.5. The first-order valence-electron chi connectivity index (χ1n) is 44.6. The lowest BCUT2D eigenvalue weighted by atomic mass is 9.89. The van der Waals surface area contributed by atoms with E-state index in [4.69, 9.17) is 72.9 Å². The zero-order valence-corrected chi connectivity index (χ0v) is 82.7. The Balaban J connectivity index is 0.000000164. The number of fused-ring (bicyclic) bond motifs is 4. The van der Waals surface area contributed by atoms with Gasteiger partial charge < -0.3 is 119 Å². The molecule has 0 aromatic carbocycles. The average molecular weight is 1990 g/mol. The van der Waals surface area contributed by atoms with Crippen molar-refractivity contribution >= 4 is 163 Å². The average Bonchev–Trinajstić information content (AvgIpc) is 1.60. The van der Waals surface area contributed by atoms with Crippen LogP contribution in [0.1, 0.15) is 197 Å². The number of nitrogen functional groups attached to an aromatic ring is 1. The molecule has 4 unspecified atom stereocenters. The maximum absolute atomic E-state index is 13.1. The topological polar surface area (TPSA) is 600 Å². The molecule has 4 fully saturated rings. The maximum atomic E-state index is 13.1. The molecule has 50 nitrogen and oxygen atoms in total. The molecule has 12 N–H and O–H groups in total. The van der Waals surface area contributed by atoms with E-state index < -0.39 is 52.9 Å². The van der Waals surface area contributed by atoms with Gasteiger partial charge in [0.1, 0.15) is 84.9 Å². The van der Waals surface area contributed by atoms with Crippen LogP contribution >= 0.6 is 11.6 Å². The normalized spacial score (nSPS) is 17.2. The predicted octanol–water partition coefficient (Wildman–Crippen LogP) is 10.5. The highest BCUT2D eigenvalue weighted by molar-refractivity contribution is 6.30. The van der Waals surface area contributed by atoms with E-state index in [-0.39, 0.29) is 169 Å². The van der Waals surface area contributed by atoms with Gasteiger partial charge in [0.25, 0.3) is 35.4 Å². The van der Waals surface area contributed by atoms with Crippen molar-refractivity contribution in [3.63, 3.8) is 0 Å². The number of esters is 2. The number of hydrogen-bond donors (Lipinski definition) is 11. The van der Waals surface area contributed by atoms with Crippen LogP contribution in [-0.4, -0.2) is 274 Å². The van der Waals surface area contributed by atoms with Gasteiger partial charge in [-0.1, -0.05) is 11.6 Å². The van der Waals surface area contributed by atoms with Crippen molar-refractivity contribution in [3.05, 3.63) is 149 Å². The van der Waals surface area contributed by atoms with Crippen molar-refractivity contribution in [2.45, 2.75) is 179 Å². The van der Waals surface area contributed by atoms with Gasteiger partial charge >= 0.3 is 30.2 Å². The van der Waals surface area contributed by atoms with Gasteiger partial charge in [-0.15, -0.1) is 0 Å². The summed E-state index contributed by atoms with van der Waals surface area (Å²) < 4.78 is 73.1. The molecule has 4 aliphatic carbocycles. The summed E-state index contributed by atoms with van der Waals surface area (Å²) in [5.41, 5.74) is 6.63. The van der Waals surface area contributed by atoms with Gasteiger partial charge in [-0.2, -0.15) is 38.5 Å². The van der Waals surface area contributed by atoms with Crippen LogP contribution in [0.3, 0.4) is 0 Å². The number of rotatable bonds is 26. The first-order valence-corrected chi connectivity index (χ1v) is 44.9. The molecule has 4 aliphatic rings. The number of carbonyl (C=O) groups excluding carboxylic acids is 11. The summed E-state index contributed by atoms with van der Waals surface area (Å²) in [7, 11) is 18.3. The number of aromatic nitrogens is 12. The maximum Gasteiger partial charge on any atom is 0.415 e. The minimum Gasteiger partial charge on any atom is -0.463 e. The van der Waals surface area contributed by atoms with Crippen molar-refractivity contribution in [1.82, 2.24) is 90.3 Å². The molecule has 0 aliphatic heterocycles. The molecular formula is C91H115ClN26O24. The molecule has 51 heteroatoms. The number of nitrogens with two attached hydrogens (primary N) is 1. The first kappa shape index (κ1) is 105. The van der Waals surface area contributed by atoms with E-state index in [1.165, 1.54) is 152 Å². The molecule has 9 amide bonds. The third-order valence-corrected chi connectivity index (χ3v) is 22.7. The number of methoxy groups -OCH3 is 6. The summed E-state index contributed by atoms with van der Waals surface area (Å²) in [5, 5.41) is 46.3. The fourth-order valence-electron chi connectivity index (χ4n) is 14.5. The zero-order valence-electron chi connectivity index (χ0n) is 82.0. The van der Waals surface area contributed by atoms with Crippen LogP contribution in [0.25, 0.3) is 22.6 Å². The quantitative estimate of drug-likeness (QED) is 0.0136. The van der Waals surface area contributed by atoms with Gasteiger partial charge in [0.15, 0.2) is 22.6 Å². The second kappa shape index (κ2) is 45.0. The fourth-order valence-corrected chi connectivity index (χ4v) is 14.6. The molecule has 12 aromatic heterocycles. The van der Waals surface area contributed by atoms with Crippen molar-refractivity contribution < 1.29 is 113 Å². The first-order chi connectivity index (χ1) is 67.4. The summed E-state index contributed by atoms with van der Waals surface area (Å²) >= 11 is 6.15. The lowest BCUT2D eigenvalue weighted by molar-refractivity contribution is 0.00731. The Hall–Kier alpha value is -15.7. The predicted molar refractivity (Wildman–Crippen MR) is 514 cm³/mol. The number of furan rings is 4. The van der Waals surface area contributed by atoms with Crippen LogP contribution in [-0.2, 0) is 42.6 Å². The van der Waals surface area contributed by atoms with E-state index in [2.05, 4.69) is 98.2 Å². The molecule has 16 rings (SSSR count). The molecule has 12 aromatic rings. The zero-order chi connectivity index (χ0) is 103. The van der Waals surface area contributed by atoms with E-state index >= 15 is 0 Å². The van der Waals surface area contributed by atoms with E-state index in [1.807, 2.05) is 0 Å². The van der Waals surface area contributed by atoms with Crippen molar-refractivity contribution in [2.75, 3.05) is 127 Å². The van der Waals surface area contributed by atoms with Crippen LogP contribution in [0.5, 0.6) is 0 Å². The van der Waals surface area contributed by atoms with E-state index in [1.54, 1.807) is 127 Å². The monoisotopic (exact) mass is 1990 g/mol.